The number of hydrogen-bond donors (Lipinski definition) is 1. The predicted octanol–water partition coefficient (Wildman–Crippen LogP) is 3.00. The molecule has 3 aromatic rings. The molecule has 0 aliphatic rings. The molecule has 110 valence electrons. The van der Waals surface area contributed by atoms with Crippen LogP contribution in [0.3, 0.4) is 0 Å². The normalized spacial score (nSPS) is 12.5. The van der Waals surface area contributed by atoms with Gasteiger partial charge in [0, 0.05) is 23.8 Å². The number of methoxy groups -OCH3 is 1. The van der Waals surface area contributed by atoms with Crippen LogP contribution in [-0.2, 0) is 6.61 Å². The van der Waals surface area contributed by atoms with Crippen molar-refractivity contribution in [1.29, 1.82) is 0 Å². The summed E-state index contributed by atoms with van der Waals surface area (Å²) < 4.78 is 13.2. The van der Waals surface area contributed by atoms with E-state index in [0.717, 1.165) is 16.2 Å². The maximum atomic E-state index is 5.88. The Kier molecular flexibility index (Phi) is 3.81. The molecule has 0 unspecified atom stereocenters. The highest BCUT2D eigenvalue weighted by Crippen LogP contribution is 2.30. The highest BCUT2D eigenvalue weighted by molar-refractivity contribution is 7.15. The Bertz CT molecular complexity index is 720. The number of hydrogen-bond acceptors (Lipinski definition) is 5. The molecular weight excluding hydrogens is 286 g/mol. The van der Waals surface area contributed by atoms with Crippen molar-refractivity contribution in [2.24, 2.45) is 5.73 Å². The quantitative estimate of drug-likeness (QED) is 0.787. The summed E-state index contributed by atoms with van der Waals surface area (Å²) in [5, 5.41) is 2.00. The molecule has 21 heavy (non-hydrogen) atoms. The molecule has 0 saturated heterocycles. The van der Waals surface area contributed by atoms with Gasteiger partial charge in [0.25, 0.3) is 0 Å². The lowest BCUT2D eigenvalue weighted by molar-refractivity contribution is 0.281. The zero-order valence-electron chi connectivity index (χ0n) is 11.9. The molecule has 2 heterocycles. The van der Waals surface area contributed by atoms with Crippen LogP contribution in [0.15, 0.2) is 36.0 Å². The van der Waals surface area contributed by atoms with Gasteiger partial charge >= 0.3 is 0 Å². The van der Waals surface area contributed by atoms with E-state index in [0.29, 0.717) is 18.1 Å². The van der Waals surface area contributed by atoms with Crippen LogP contribution in [-0.4, -0.2) is 16.5 Å². The molecule has 2 N–H and O–H groups in total. The Morgan fingerprint density at radius 2 is 2.24 bits per heavy atom. The molecule has 2 aromatic heterocycles. The minimum atomic E-state index is -0.0344. The third kappa shape index (κ3) is 2.86. The summed E-state index contributed by atoms with van der Waals surface area (Å²) in [6, 6.07) is 5.71. The molecule has 6 heteroatoms. The van der Waals surface area contributed by atoms with Gasteiger partial charge in [-0.05, 0) is 24.6 Å². The van der Waals surface area contributed by atoms with Gasteiger partial charge in [0.2, 0.25) is 0 Å². The van der Waals surface area contributed by atoms with Crippen LogP contribution in [0, 0.1) is 0 Å². The van der Waals surface area contributed by atoms with E-state index in [1.54, 1.807) is 18.4 Å². The molecule has 0 saturated carbocycles. The van der Waals surface area contributed by atoms with Crippen molar-refractivity contribution in [2.75, 3.05) is 7.11 Å². The van der Waals surface area contributed by atoms with Crippen LogP contribution in [0.25, 0.3) is 4.96 Å². The second-order valence-corrected chi connectivity index (χ2v) is 5.69. The molecule has 1 atom stereocenters. The number of imidazole rings is 1. The molecule has 3 rings (SSSR count). The SMILES string of the molecule is COc1cc([C@H](C)N)ccc1OCc1cn2ccsc2n1. The third-order valence-electron chi connectivity index (χ3n) is 3.23. The van der Waals surface area contributed by atoms with E-state index in [4.69, 9.17) is 15.2 Å². The van der Waals surface area contributed by atoms with Gasteiger partial charge in [-0.25, -0.2) is 4.98 Å². The summed E-state index contributed by atoms with van der Waals surface area (Å²) >= 11 is 1.60. The maximum Gasteiger partial charge on any atom is 0.193 e. The second kappa shape index (κ2) is 5.75. The summed E-state index contributed by atoms with van der Waals surface area (Å²) in [6.45, 7) is 2.34. The van der Waals surface area contributed by atoms with Gasteiger partial charge in [-0.1, -0.05) is 6.07 Å². The molecule has 0 fully saturated rings. The lowest BCUT2D eigenvalue weighted by Crippen LogP contribution is -2.05. The van der Waals surface area contributed by atoms with Gasteiger partial charge in [0.1, 0.15) is 6.61 Å². The van der Waals surface area contributed by atoms with Gasteiger partial charge in [0.15, 0.2) is 16.5 Å². The molecule has 0 bridgehead atoms. The van der Waals surface area contributed by atoms with Crippen molar-refractivity contribution in [3.8, 4) is 11.5 Å². The Morgan fingerprint density at radius 1 is 1.38 bits per heavy atom. The summed E-state index contributed by atoms with van der Waals surface area (Å²) in [7, 11) is 1.62. The van der Waals surface area contributed by atoms with E-state index in [9.17, 15) is 0 Å². The lowest BCUT2D eigenvalue weighted by Gasteiger charge is -2.13. The van der Waals surface area contributed by atoms with Crippen LogP contribution in [0.5, 0.6) is 11.5 Å². The Labute approximate surface area is 126 Å². The van der Waals surface area contributed by atoms with Gasteiger partial charge in [-0.15, -0.1) is 11.3 Å². The predicted molar refractivity (Wildman–Crippen MR) is 83.0 cm³/mol. The van der Waals surface area contributed by atoms with Crippen molar-refractivity contribution in [3.05, 3.63) is 47.2 Å². The topological polar surface area (TPSA) is 61.8 Å². The third-order valence-corrected chi connectivity index (χ3v) is 4.00. The summed E-state index contributed by atoms with van der Waals surface area (Å²) in [6.07, 6.45) is 3.95. The van der Waals surface area contributed by atoms with Crippen LogP contribution < -0.4 is 15.2 Å². The van der Waals surface area contributed by atoms with Crippen LogP contribution in [0.4, 0.5) is 0 Å². The minimum Gasteiger partial charge on any atom is -0.493 e. The molecule has 0 radical (unpaired) electrons. The fraction of sp³-hybridized carbons (Fsp3) is 0.267. The molecular formula is C15H17N3O2S. The molecule has 0 spiro atoms. The number of rotatable bonds is 5. The smallest absolute Gasteiger partial charge is 0.193 e. The average molecular weight is 303 g/mol. The number of fused-ring (bicyclic) bond motifs is 1. The van der Waals surface area contributed by atoms with Crippen molar-refractivity contribution >= 4 is 16.3 Å². The highest BCUT2D eigenvalue weighted by Gasteiger charge is 2.09. The fourth-order valence-corrected chi connectivity index (χ4v) is 2.80. The number of aromatic nitrogens is 2. The van der Waals surface area contributed by atoms with E-state index in [2.05, 4.69) is 4.98 Å². The number of ether oxygens (including phenoxy) is 2. The highest BCUT2D eigenvalue weighted by atomic mass is 32.1. The van der Waals surface area contributed by atoms with E-state index in [-0.39, 0.29) is 6.04 Å². The summed E-state index contributed by atoms with van der Waals surface area (Å²) in [5.41, 5.74) is 7.78. The zero-order chi connectivity index (χ0) is 14.8. The second-order valence-electron chi connectivity index (χ2n) is 4.81. The van der Waals surface area contributed by atoms with Crippen molar-refractivity contribution in [2.45, 2.75) is 19.6 Å². The van der Waals surface area contributed by atoms with E-state index in [1.807, 2.05) is 47.3 Å². The molecule has 0 aliphatic carbocycles. The first-order valence-corrected chi connectivity index (χ1v) is 7.52. The lowest BCUT2D eigenvalue weighted by atomic mass is 10.1. The minimum absolute atomic E-state index is 0.0344. The van der Waals surface area contributed by atoms with Crippen molar-refractivity contribution in [3.63, 3.8) is 0 Å². The molecule has 5 nitrogen and oxygen atoms in total. The Hall–Kier alpha value is -2.05. The van der Waals surface area contributed by atoms with Crippen molar-refractivity contribution in [1.82, 2.24) is 9.38 Å². The van der Waals surface area contributed by atoms with Gasteiger partial charge < -0.3 is 15.2 Å². The van der Waals surface area contributed by atoms with E-state index >= 15 is 0 Å². The van der Waals surface area contributed by atoms with Crippen LogP contribution in [0.2, 0.25) is 0 Å². The van der Waals surface area contributed by atoms with Gasteiger partial charge in [0.05, 0.1) is 12.8 Å². The molecule has 0 amide bonds. The van der Waals surface area contributed by atoms with E-state index < -0.39 is 0 Å². The maximum absolute atomic E-state index is 5.88. The first-order chi connectivity index (χ1) is 10.2. The average Bonchev–Trinajstić information content (AvgIpc) is 3.05. The van der Waals surface area contributed by atoms with Crippen molar-refractivity contribution < 1.29 is 9.47 Å². The summed E-state index contributed by atoms with van der Waals surface area (Å²) in [4.78, 5) is 5.45. The van der Waals surface area contributed by atoms with Crippen LogP contribution in [0.1, 0.15) is 24.2 Å². The van der Waals surface area contributed by atoms with Crippen LogP contribution >= 0.6 is 11.3 Å². The fourth-order valence-electron chi connectivity index (χ4n) is 2.08. The first-order valence-electron chi connectivity index (χ1n) is 6.65. The molecule has 1 aromatic carbocycles. The van der Waals surface area contributed by atoms with Gasteiger partial charge in [-0.2, -0.15) is 0 Å². The van der Waals surface area contributed by atoms with Gasteiger partial charge in [-0.3, -0.25) is 4.40 Å². The van der Waals surface area contributed by atoms with E-state index in [1.165, 1.54) is 0 Å². The standard InChI is InChI=1S/C15H17N3O2S/c1-10(16)11-3-4-13(14(7-11)19-2)20-9-12-8-18-5-6-21-15(18)17-12/h3-8,10H,9,16H2,1-2H3/t10-/m0/s1. The number of nitrogens with two attached hydrogens (primary N) is 1. The largest absolute Gasteiger partial charge is 0.493 e. The number of benzene rings is 1. The summed E-state index contributed by atoms with van der Waals surface area (Å²) in [5.74, 6) is 1.38. The zero-order valence-corrected chi connectivity index (χ0v) is 12.8. The number of thiazole rings is 1. The number of nitrogens with zero attached hydrogens (tertiary/aromatic N) is 2. The molecule has 0 aliphatic heterocycles. The first kappa shape index (κ1) is 13.9. The Morgan fingerprint density at radius 3 is 2.95 bits per heavy atom. The monoisotopic (exact) mass is 303 g/mol. The Balaban J connectivity index is 1.76.